The molecular weight excluding hydrogens is 472 g/mol. The summed E-state index contributed by atoms with van der Waals surface area (Å²) < 4.78 is 28.8. The standard InChI is InChI=1S/C29H36N2O6/c1-21-25-20-31(10-8-23(25)22(2)29-28(21)24-6-4-5-7-26(24)30-29)11-13-35-15-17-37-19-18-36-16-14-34-12-9-27(32)33-3/h4-8,10,20H,9,11-19H2,1-3H3/p+1. The van der Waals surface area contributed by atoms with Crippen LogP contribution in [0.15, 0.2) is 42.7 Å². The number of pyridine rings is 1. The van der Waals surface area contributed by atoms with Gasteiger partial charge in [0.15, 0.2) is 18.9 Å². The second-order valence-corrected chi connectivity index (χ2v) is 8.96. The first-order chi connectivity index (χ1) is 18.1. The van der Waals surface area contributed by atoms with E-state index >= 15 is 0 Å². The summed E-state index contributed by atoms with van der Waals surface area (Å²) in [7, 11) is 1.36. The van der Waals surface area contributed by atoms with Gasteiger partial charge in [-0.3, -0.25) is 4.79 Å². The van der Waals surface area contributed by atoms with Crippen LogP contribution in [-0.2, 0) is 35.0 Å². The SMILES string of the molecule is COC(=O)CCOCCOCCOCCOCC[n+]1ccc2c(C)c3[nH]c4ccccc4c3c(C)c2c1. The predicted molar refractivity (Wildman–Crippen MR) is 143 cm³/mol. The highest BCUT2D eigenvalue weighted by molar-refractivity contribution is 6.16. The van der Waals surface area contributed by atoms with E-state index in [4.69, 9.17) is 18.9 Å². The van der Waals surface area contributed by atoms with E-state index in [2.05, 4.69) is 70.9 Å². The number of H-pyrrole nitrogens is 1. The van der Waals surface area contributed by atoms with Gasteiger partial charge in [0.1, 0.15) is 6.61 Å². The van der Waals surface area contributed by atoms with Gasteiger partial charge in [0, 0.05) is 27.7 Å². The number of aromatic nitrogens is 2. The second kappa shape index (κ2) is 13.5. The number of carbonyl (C=O) groups excluding carboxylic acids is 1. The summed E-state index contributed by atoms with van der Waals surface area (Å²) in [4.78, 5) is 14.6. The molecule has 4 aromatic rings. The van der Waals surface area contributed by atoms with Gasteiger partial charge in [-0.15, -0.1) is 0 Å². The lowest BCUT2D eigenvalue weighted by atomic mass is 9.97. The van der Waals surface area contributed by atoms with Crippen LogP contribution in [0.3, 0.4) is 0 Å². The molecule has 0 spiro atoms. The summed E-state index contributed by atoms with van der Waals surface area (Å²) in [5.74, 6) is -0.273. The minimum atomic E-state index is -0.273. The van der Waals surface area contributed by atoms with Gasteiger partial charge in [0.25, 0.3) is 0 Å². The van der Waals surface area contributed by atoms with Crippen LogP contribution in [-0.4, -0.2) is 70.9 Å². The van der Waals surface area contributed by atoms with Crippen molar-refractivity contribution in [1.82, 2.24) is 4.98 Å². The lowest BCUT2D eigenvalue weighted by molar-refractivity contribution is -0.697. The molecule has 198 valence electrons. The molecule has 2 heterocycles. The number of carbonyl (C=O) groups is 1. The summed E-state index contributed by atoms with van der Waals surface area (Å²) in [5, 5.41) is 5.13. The first-order valence-electron chi connectivity index (χ1n) is 12.8. The Balaban J connectivity index is 1.16. The molecular formula is C29H37N2O6+. The van der Waals surface area contributed by atoms with Crippen molar-refractivity contribution in [2.24, 2.45) is 0 Å². The van der Waals surface area contributed by atoms with E-state index in [1.807, 2.05) is 0 Å². The van der Waals surface area contributed by atoms with E-state index in [0.717, 1.165) is 6.54 Å². The highest BCUT2D eigenvalue weighted by atomic mass is 16.6. The van der Waals surface area contributed by atoms with Crippen LogP contribution in [0.25, 0.3) is 32.6 Å². The number of aryl methyl sites for hydroxylation is 2. The first kappa shape index (κ1) is 27.0. The molecule has 0 aliphatic carbocycles. The van der Waals surface area contributed by atoms with Gasteiger partial charge in [-0.05, 0) is 36.4 Å². The van der Waals surface area contributed by atoms with Crippen molar-refractivity contribution in [2.75, 3.05) is 60.0 Å². The fourth-order valence-corrected chi connectivity index (χ4v) is 4.57. The summed E-state index contributed by atoms with van der Waals surface area (Å²) >= 11 is 0. The zero-order chi connectivity index (χ0) is 26.0. The Morgan fingerprint density at radius 1 is 0.784 bits per heavy atom. The summed E-state index contributed by atoms with van der Waals surface area (Å²) in [5.41, 5.74) is 4.98. The minimum absolute atomic E-state index is 0.257. The van der Waals surface area contributed by atoms with Crippen molar-refractivity contribution in [2.45, 2.75) is 26.8 Å². The third-order valence-electron chi connectivity index (χ3n) is 6.57. The quantitative estimate of drug-likeness (QED) is 0.148. The number of hydrogen-bond acceptors (Lipinski definition) is 6. The highest BCUT2D eigenvalue weighted by Crippen LogP contribution is 2.35. The van der Waals surface area contributed by atoms with Crippen LogP contribution >= 0.6 is 0 Å². The molecule has 2 aromatic heterocycles. The second-order valence-electron chi connectivity index (χ2n) is 8.96. The summed E-state index contributed by atoms with van der Waals surface area (Å²) in [6.07, 6.45) is 4.61. The maximum absolute atomic E-state index is 11.0. The molecule has 0 aliphatic rings. The van der Waals surface area contributed by atoms with E-state index in [0.29, 0.717) is 52.9 Å². The van der Waals surface area contributed by atoms with Crippen LogP contribution in [0.4, 0.5) is 0 Å². The number of rotatable bonds is 15. The van der Waals surface area contributed by atoms with Gasteiger partial charge in [-0.25, -0.2) is 4.57 Å². The van der Waals surface area contributed by atoms with Crippen LogP contribution in [0.1, 0.15) is 17.5 Å². The fourth-order valence-electron chi connectivity index (χ4n) is 4.57. The van der Waals surface area contributed by atoms with Crippen molar-refractivity contribution in [3.05, 3.63) is 53.9 Å². The van der Waals surface area contributed by atoms with Crippen molar-refractivity contribution in [3.63, 3.8) is 0 Å². The normalized spacial score (nSPS) is 11.6. The molecule has 37 heavy (non-hydrogen) atoms. The van der Waals surface area contributed by atoms with Crippen molar-refractivity contribution in [1.29, 1.82) is 0 Å². The number of nitrogens with zero attached hydrogens (tertiary/aromatic N) is 1. The number of fused-ring (bicyclic) bond motifs is 4. The molecule has 0 atom stereocenters. The lowest BCUT2D eigenvalue weighted by Gasteiger charge is -2.09. The van der Waals surface area contributed by atoms with Crippen LogP contribution in [0, 0.1) is 13.8 Å². The Morgan fingerprint density at radius 3 is 2.14 bits per heavy atom. The van der Waals surface area contributed by atoms with E-state index in [1.54, 1.807) is 0 Å². The van der Waals surface area contributed by atoms with Gasteiger partial charge in [-0.2, -0.15) is 0 Å². The Bertz CT molecular complexity index is 1330. The van der Waals surface area contributed by atoms with Crippen LogP contribution in [0.5, 0.6) is 0 Å². The van der Waals surface area contributed by atoms with Crippen molar-refractivity contribution in [3.8, 4) is 0 Å². The number of benzene rings is 2. The van der Waals surface area contributed by atoms with Gasteiger partial charge in [-0.1, -0.05) is 18.2 Å². The maximum Gasteiger partial charge on any atom is 0.307 e. The lowest BCUT2D eigenvalue weighted by Crippen LogP contribution is -2.35. The number of para-hydroxylation sites is 1. The van der Waals surface area contributed by atoms with Crippen LogP contribution in [0.2, 0.25) is 0 Å². The largest absolute Gasteiger partial charge is 0.469 e. The molecule has 0 radical (unpaired) electrons. The Kier molecular flexibility index (Phi) is 9.85. The topological polar surface area (TPSA) is 82.9 Å². The maximum atomic E-state index is 11.0. The number of aromatic amines is 1. The zero-order valence-corrected chi connectivity index (χ0v) is 22.0. The zero-order valence-electron chi connectivity index (χ0n) is 22.0. The molecule has 0 aliphatic heterocycles. The molecule has 0 amide bonds. The predicted octanol–water partition coefficient (Wildman–Crippen LogP) is 4.01. The number of methoxy groups -OCH3 is 1. The Morgan fingerprint density at radius 2 is 1.43 bits per heavy atom. The number of ether oxygens (including phenoxy) is 5. The van der Waals surface area contributed by atoms with Gasteiger partial charge in [0.2, 0.25) is 0 Å². The first-order valence-corrected chi connectivity index (χ1v) is 12.8. The fraction of sp³-hybridized carbons (Fsp3) is 0.448. The minimum Gasteiger partial charge on any atom is -0.469 e. The summed E-state index contributed by atoms with van der Waals surface area (Å²) in [6.45, 7) is 9.12. The molecule has 8 nitrogen and oxygen atoms in total. The monoisotopic (exact) mass is 509 g/mol. The Hall–Kier alpha value is -3.04. The highest BCUT2D eigenvalue weighted by Gasteiger charge is 2.16. The molecule has 2 aromatic carbocycles. The smallest absolute Gasteiger partial charge is 0.307 e. The van der Waals surface area contributed by atoms with Gasteiger partial charge >= 0.3 is 5.97 Å². The van der Waals surface area contributed by atoms with E-state index in [1.165, 1.54) is 50.8 Å². The Labute approximate surface area is 217 Å². The molecule has 0 saturated heterocycles. The molecule has 0 bridgehead atoms. The molecule has 8 heteroatoms. The molecule has 1 N–H and O–H groups in total. The average Bonchev–Trinajstić information content (AvgIpc) is 3.32. The molecule has 0 fully saturated rings. The molecule has 0 unspecified atom stereocenters. The average molecular weight is 510 g/mol. The van der Waals surface area contributed by atoms with Gasteiger partial charge < -0.3 is 28.7 Å². The van der Waals surface area contributed by atoms with Crippen molar-refractivity contribution >= 4 is 38.5 Å². The van der Waals surface area contributed by atoms with E-state index < -0.39 is 0 Å². The molecule has 4 rings (SSSR count). The third-order valence-corrected chi connectivity index (χ3v) is 6.57. The third kappa shape index (κ3) is 6.84. The van der Waals surface area contributed by atoms with Crippen LogP contribution < -0.4 is 4.57 Å². The van der Waals surface area contributed by atoms with Crippen molar-refractivity contribution < 1.29 is 33.0 Å². The number of nitrogens with one attached hydrogen (secondary N) is 1. The number of hydrogen-bond donors (Lipinski definition) is 1. The summed E-state index contributed by atoms with van der Waals surface area (Å²) in [6, 6.07) is 10.7. The van der Waals surface area contributed by atoms with Gasteiger partial charge in [0.05, 0.1) is 65.3 Å². The number of esters is 1. The van der Waals surface area contributed by atoms with E-state index in [-0.39, 0.29) is 12.4 Å². The van der Waals surface area contributed by atoms with E-state index in [9.17, 15) is 4.79 Å². The molecule has 0 saturated carbocycles.